The van der Waals surface area contributed by atoms with E-state index < -0.39 is 10.0 Å². The summed E-state index contributed by atoms with van der Waals surface area (Å²) >= 11 is 2.90. The summed E-state index contributed by atoms with van der Waals surface area (Å²) in [6.45, 7) is 4.81. The number of hydrogen-bond acceptors (Lipinski definition) is 7. The highest BCUT2D eigenvalue weighted by Crippen LogP contribution is 2.28. The van der Waals surface area contributed by atoms with Crippen molar-refractivity contribution in [1.82, 2.24) is 14.5 Å². The largest absolute Gasteiger partial charge is 0.379 e. The molecule has 4 rings (SSSR count). The van der Waals surface area contributed by atoms with Crippen molar-refractivity contribution in [3.05, 3.63) is 39.4 Å². The van der Waals surface area contributed by atoms with Crippen molar-refractivity contribution in [3.8, 4) is 0 Å². The molecule has 0 spiro atoms. The molecule has 2 aliphatic rings. The van der Waals surface area contributed by atoms with E-state index in [1.807, 2.05) is 6.07 Å². The quantitative estimate of drug-likeness (QED) is 0.642. The number of nitrogens with zero attached hydrogens (tertiary/aromatic N) is 2. The molecule has 2 aromatic rings. The lowest BCUT2D eigenvalue weighted by Crippen LogP contribution is -2.43. The number of carbonyl (C=O) groups excluding carboxylic acids is 1. The zero-order valence-electron chi connectivity index (χ0n) is 16.8. The summed E-state index contributed by atoms with van der Waals surface area (Å²) in [7, 11) is -3.42. The van der Waals surface area contributed by atoms with Gasteiger partial charge in [0.25, 0.3) is 10.0 Å². The van der Waals surface area contributed by atoms with Gasteiger partial charge in [-0.25, -0.2) is 8.42 Å². The molecular formula is C20H27N3O4S3. The van der Waals surface area contributed by atoms with Crippen LogP contribution in [0.1, 0.15) is 28.6 Å². The van der Waals surface area contributed by atoms with Crippen LogP contribution in [0.2, 0.25) is 0 Å². The molecule has 4 heterocycles. The maximum atomic E-state index is 12.7. The van der Waals surface area contributed by atoms with Gasteiger partial charge in [-0.2, -0.15) is 4.31 Å². The Morgan fingerprint density at radius 2 is 1.90 bits per heavy atom. The molecule has 2 aliphatic heterocycles. The predicted molar refractivity (Wildman–Crippen MR) is 118 cm³/mol. The summed E-state index contributed by atoms with van der Waals surface area (Å²) < 4.78 is 32.7. The zero-order valence-corrected chi connectivity index (χ0v) is 19.2. The van der Waals surface area contributed by atoms with Crippen LogP contribution in [0.5, 0.6) is 0 Å². The number of thiophene rings is 2. The highest BCUT2D eigenvalue weighted by atomic mass is 32.2. The molecule has 1 atom stereocenters. The highest BCUT2D eigenvalue weighted by molar-refractivity contribution is 7.91. The smallest absolute Gasteiger partial charge is 0.252 e. The molecule has 2 saturated heterocycles. The van der Waals surface area contributed by atoms with Gasteiger partial charge in [-0.1, -0.05) is 6.07 Å². The molecule has 0 radical (unpaired) electrons. The van der Waals surface area contributed by atoms with E-state index >= 15 is 0 Å². The second kappa shape index (κ2) is 9.88. The third kappa shape index (κ3) is 5.12. The molecule has 0 aliphatic carbocycles. The Hall–Kier alpha value is -1.30. The fourth-order valence-corrected chi connectivity index (χ4v) is 7.75. The lowest BCUT2D eigenvalue weighted by atomic mass is 10.2. The lowest BCUT2D eigenvalue weighted by molar-refractivity contribution is -0.120. The van der Waals surface area contributed by atoms with Crippen molar-refractivity contribution >= 4 is 38.6 Å². The molecule has 10 heteroatoms. The minimum absolute atomic E-state index is 0.0863. The van der Waals surface area contributed by atoms with Crippen LogP contribution in [0.4, 0.5) is 0 Å². The number of carbonyl (C=O) groups is 1. The number of sulfonamides is 1. The number of ether oxygens (including phenoxy) is 1. The van der Waals surface area contributed by atoms with Crippen molar-refractivity contribution in [3.63, 3.8) is 0 Å². The summed E-state index contributed by atoms with van der Waals surface area (Å²) in [5, 5.41) is 5.11. The molecule has 164 valence electrons. The van der Waals surface area contributed by atoms with Crippen molar-refractivity contribution < 1.29 is 17.9 Å². The summed E-state index contributed by atoms with van der Waals surface area (Å²) in [4.78, 5) is 16.9. The molecule has 1 amide bonds. The van der Waals surface area contributed by atoms with Gasteiger partial charge < -0.3 is 10.1 Å². The van der Waals surface area contributed by atoms with E-state index in [9.17, 15) is 13.2 Å². The minimum atomic E-state index is -3.42. The second-order valence-electron chi connectivity index (χ2n) is 7.49. The summed E-state index contributed by atoms with van der Waals surface area (Å²) in [6, 6.07) is 7.65. The number of rotatable bonds is 8. The van der Waals surface area contributed by atoms with Crippen LogP contribution in [-0.2, 0) is 26.0 Å². The Labute approximate surface area is 185 Å². The standard InChI is InChI=1S/C20H27N3O4S3/c24-19(14-16-5-6-20(29-16)30(25,26)23-7-1-2-8-23)21-15-17(18-4-3-13-28-18)22-9-11-27-12-10-22/h3-6,13,17H,1-2,7-12,14-15H2,(H,21,24). The maximum absolute atomic E-state index is 12.7. The van der Waals surface area contributed by atoms with Gasteiger partial charge in [-0.15, -0.1) is 22.7 Å². The monoisotopic (exact) mass is 469 g/mol. The Kier molecular flexibility index (Phi) is 7.22. The first-order valence-electron chi connectivity index (χ1n) is 10.2. The molecular weight excluding hydrogens is 442 g/mol. The van der Waals surface area contributed by atoms with E-state index in [4.69, 9.17) is 4.74 Å². The highest BCUT2D eigenvalue weighted by Gasteiger charge is 2.29. The van der Waals surface area contributed by atoms with Crippen LogP contribution in [0.3, 0.4) is 0 Å². The number of amides is 1. The predicted octanol–water partition coefficient (Wildman–Crippen LogP) is 2.33. The molecule has 0 bridgehead atoms. The van der Waals surface area contributed by atoms with Gasteiger partial charge in [-0.3, -0.25) is 9.69 Å². The van der Waals surface area contributed by atoms with Crippen LogP contribution in [0.25, 0.3) is 0 Å². The molecule has 1 N–H and O–H groups in total. The number of nitrogens with one attached hydrogen (secondary N) is 1. The van der Waals surface area contributed by atoms with Crippen molar-refractivity contribution in [2.24, 2.45) is 0 Å². The van der Waals surface area contributed by atoms with Gasteiger partial charge in [-0.05, 0) is 36.4 Å². The van der Waals surface area contributed by atoms with Gasteiger partial charge in [0, 0.05) is 42.5 Å². The summed E-state index contributed by atoms with van der Waals surface area (Å²) in [6.07, 6.45) is 2.02. The Morgan fingerprint density at radius 1 is 1.13 bits per heavy atom. The van der Waals surface area contributed by atoms with E-state index in [0.717, 1.165) is 30.8 Å². The molecule has 7 nitrogen and oxygen atoms in total. The van der Waals surface area contributed by atoms with Gasteiger partial charge in [0.2, 0.25) is 5.91 Å². The van der Waals surface area contributed by atoms with Crippen LogP contribution >= 0.6 is 22.7 Å². The van der Waals surface area contributed by atoms with E-state index in [2.05, 4.69) is 21.7 Å². The maximum Gasteiger partial charge on any atom is 0.252 e. The fourth-order valence-electron chi connectivity index (χ4n) is 3.86. The fraction of sp³-hybridized carbons (Fsp3) is 0.550. The van der Waals surface area contributed by atoms with Gasteiger partial charge >= 0.3 is 0 Å². The van der Waals surface area contributed by atoms with Crippen molar-refractivity contribution in [1.29, 1.82) is 0 Å². The minimum Gasteiger partial charge on any atom is -0.379 e. The second-order valence-corrected chi connectivity index (χ2v) is 11.8. The van der Waals surface area contributed by atoms with Gasteiger partial charge in [0.15, 0.2) is 0 Å². The van der Waals surface area contributed by atoms with Crippen LogP contribution in [0, 0.1) is 0 Å². The van der Waals surface area contributed by atoms with Gasteiger partial charge in [0.1, 0.15) is 4.21 Å². The van der Waals surface area contributed by atoms with E-state index in [-0.39, 0.29) is 18.4 Å². The average Bonchev–Trinajstić information content (AvgIpc) is 3.51. The van der Waals surface area contributed by atoms with Crippen LogP contribution in [-0.4, -0.2) is 69.5 Å². The van der Waals surface area contributed by atoms with Crippen LogP contribution in [0.15, 0.2) is 33.9 Å². The lowest BCUT2D eigenvalue weighted by Gasteiger charge is -2.34. The van der Waals surface area contributed by atoms with E-state index in [0.29, 0.717) is 37.1 Å². The molecule has 2 fully saturated rings. The topological polar surface area (TPSA) is 79.0 Å². The van der Waals surface area contributed by atoms with Crippen LogP contribution < -0.4 is 5.32 Å². The third-order valence-corrected chi connectivity index (χ3v) is 9.91. The van der Waals surface area contributed by atoms with E-state index in [1.54, 1.807) is 23.5 Å². The molecule has 0 aromatic carbocycles. The average molecular weight is 470 g/mol. The van der Waals surface area contributed by atoms with Crippen molar-refractivity contribution in [2.45, 2.75) is 29.5 Å². The normalized spacial score (nSPS) is 19.7. The zero-order chi connectivity index (χ0) is 21.0. The van der Waals surface area contributed by atoms with Crippen molar-refractivity contribution in [2.75, 3.05) is 45.9 Å². The van der Waals surface area contributed by atoms with E-state index in [1.165, 1.54) is 20.5 Å². The summed E-state index contributed by atoms with van der Waals surface area (Å²) in [5.74, 6) is -0.0863. The SMILES string of the molecule is O=C(Cc1ccc(S(=O)(=O)N2CCCC2)s1)NCC(c1cccs1)N1CCOCC1. The Bertz CT molecular complexity index is 930. The first kappa shape index (κ1) is 21.9. The Balaban J connectivity index is 1.35. The first-order valence-corrected chi connectivity index (χ1v) is 13.4. The number of morpholine rings is 1. The molecule has 30 heavy (non-hydrogen) atoms. The first-order chi connectivity index (χ1) is 14.5. The molecule has 0 saturated carbocycles. The summed E-state index contributed by atoms with van der Waals surface area (Å²) in [5.41, 5.74) is 0. The molecule has 1 unspecified atom stereocenters. The Morgan fingerprint density at radius 3 is 2.60 bits per heavy atom. The number of hydrogen-bond donors (Lipinski definition) is 1. The molecule has 2 aromatic heterocycles. The van der Waals surface area contributed by atoms with Gasteiger partial charge in [0.05, 0.1) is 25.7 Å². The third-order valence-electron chi connectivity index (χ3n) is 5.48.